The van der Waals surface area contributed by atoms with Crippen molar-refractivity contribution in [1.82, 2.24) is 0 Å². The van der Waals surface area contributed by atoms with Crippen molar-refractivity contribution >= 4 is 0 Å². The zero-order valence-electron chi connectivity index (χ0n) is 44.7. The molecule has 0 radical (unpaired) electrons. The predicted octanol–water partition coefficient (Wildman–Crippen LogP) is -1.56. The summed E-state index contributed by atoms with van der Waals surface area (Å²) >= 11 is 0. The largest absolute Gasteiger partial charge is 0.394 e. The van der Waals surface area contributed by atoms with Gasteiger partial charge >= 0.3 is 0 Å². The SMILES string of the molecule is CC(C)=CCC[C@](C)(O[C@@H]1O[C@H](CO[C@H]2OC[C@@H](O)[C@H](O)[C@H]2O)[C@@H](O)[C@H](O)[C@H]1O)[C@H]1CC[C@]2(C)[C@@H]1[C@H](O)C[C@@H]1[C@]3(C)CC[C@@H](O[C@@H]4O[C@H](CO)[C@@H](O)[C@H](O)[C@H]4O[C@@H]4O[C@H](CO)[C@@H](O)[C@H](O)[C@H]4O)C(C)(C)[C@H]3CC[C@]12C. The molecular formula is C53H90O22. The van der Waals surface area contributed by atoms with E-state index >= 15 is 0 Å². The first-order valence-corrected chi connectivity index (χ1v) is 27.3. The van der Waals surface area contributed by atoms with Crippen LogP contribution in [0.1, 0.15) is 113 Å². The van der Waals surface area contributed by atoms with Crippen molar-refractivity contribution in [1.29, 1.82) is 0 Å². The van der Waals surface area contributed by atoms with Crippen LogP contribution < -0.4 is 0 Å². The number of aliphatic hydroxyl groups excluding tert-OH is 14. The van der Waals surface area contributed by atoms with E-state index in [2.05, 4.69) is 40.7 Å². The molecule has 4 aliphatic carbocycles. The van der Waals surface area contributed by atoms with Gasteiger partial charge in [-0.25, -0.2) is 0 Å². The summed E-state index contributed by atoms with van der Waals surface area (Å²) in [4.78, 5) is 0. The molecule has 4 heterocycles. The van der Waals surface area contributed by atoms with Crippen molar-refractivity contribution in [3.63, 3.8) is 0 Å². The lowest BCUT2D eigenvalue weighted by Crippen LogP contribution is -2.68. The minimum Gasteiger partial charge on any atom is -0.394 e. The fraction of sp³-hybridized carbons (Fsp3) is 0.962. The zero-order chi connectivity index (χ0) is 55.1. The second kappa shape index (κ2) is 22.7. The molecule has 0 aromatic heterocycles. The first kappa shape index (κ1) is 60.0. The number of hydrogen-bond acceptors (Lipinski definition) is 22. The van der Waals surface area contributed by atoms with Crippen LogP contribution in [-0.2, 0) is 37.9 Å². The summed E-state index contributed by atoms with van der Waals surface area (Å²) in [7, 11) is 0. The fourth-order valence-corrected chi connectivity index (χ4v) is 16.0. The van der Waals surface area contributed by atoms with Crippen molar-refractivity contribution in [2.24, 2.45) is 45.3 Å². The van der Waals surface area contributed by atoms with E-state index in [1.54, 1.807) is 0 Å². The third kappa shape index (κ3) is 10.6. The average Bonchev–Trinajstić information content (AvgIpc) is 3.75. The van der Waals surface area contributed by atoms with E-state index in [1.807, 2.05) is 20.8 Å². The quantitative estimate of drug-likeness (QED) is 0.0651. The van der Waals surface area contributed by atoms with Gasteiger partial charge in [0.05, 0.1) is 44.2 Å². The summed E-state index contributed by atoms with van der Waals surface area (Å²) in [6, 6.07) is 0. The third-order valence-corrected chi connectivity index (χ3v) is 20.5. The summed E-state index contributed by atoms with van der Waals surface area (Å²) in [6.45, 7) is 15.1. The van der Waals surface area contributed by atoms with E-state index in [-0.39, 0.29) is 41.1 Å². The minimum absolute atomic E-state index is 0.0508. The van der Waals surface area contributed by atoms with Crippen molar-refractivity contribution in [2.45, 2.75) is 248 Å². The molecule has 4 aliphatic heterocycles. The van der Waals surface area contributed by atoms with Gasteiger partial charge in [0.2, 0.25) is 0 Å². The van der Waals surface area contributed by atoms with Crippen LogP contribution in [0, 0.1) is 45.3 Å². The van der Waals surface area contributed by atoms with Gasteiger partial charge in [0.1, 0.15) is 91.6 Å². The third-order valence-electron chi connectivity index (χ3n) is 20.5. The Bertz CT molecular complexity index is 1940. The first-order chi connectivity index (χ1) is 35.1. The van der Waals surface area contributed by atoms with Crippen molar-refractivity contribution in [3.8, 4) is 0 Å². The Morgan fingerprint density at radius 2 is 1.16 bits per heavy atom. The normalized spacial score (nSPS) is 52.7. The van der Waals surface area contributed by atoms with Crippen LogP contribution >= 0.6 is 0 Å². The van der Waals surface area contributed by atoms with Crippen LogP contribution in [0.4, 0.5) is 0 Å². The molecule has 434 valence electrons. The van der Waals surface area contributed by atoms with E-state index in [1.165, 1.54) is 0 Å². The van der Waals surface area contributed by atoms with Gasteiger partial charge < -0.3 is 109 Å². The van der Waals surface area contributed by atoms with Gasteiger partial charge in [0.25, 0.3) is 0 Å². The lowest BCUT2D eigenvalue weighted by Gasteiger charge is -2.71. The number of fused-ring (bicyclic) bond motifs is 5. The molecule has 0 amide bonds. The minimum atomic E-state index is -1.81. The van der Waals surface area contributed by atoms with Gasteiger partial charge in [-0.2, -0.15) is 0 Å². The van der Waals surface area contributed by atoms with E-state index in [0.29, 0.717) is 38.5 Å². The lowest BCUT2D eigenvalue weighted by atomic mass is 9.35. The highest BCUT2D eigenvalue weighted by Gasteiger charge is 2.72. The van der Waals surface area contributed by atoms with Crippen LogP contribution in [0.5, 0.6) is 0 Å². The number of rotatable bonds is 15. The van der Waals surface area contributed by atoms with Crippen LogP contribution in [0.3, 0.4) is 0 Å². The zero-order valence-corrected chi connectivity index (χ0v) is 44.7. The molecule has 8 fully saturated rings. The Morgan fingerprint density at radius 1 is 0.587 bits per heavy atom. The predicted molar refractivity (Wildman–Crippen MR) is 260 cm³/mol. The van der Waals surface area contributed by atoms with Crippen LogP contribution in [0.2, 0.25) is 0 Å². The second-order valence-electron chi connectivity index (χ2n) is 25.3. The van der Waals surface area contributed by atoms with Gasteiger partial charge in [-0.15, -0.1) is 0 Å². The van der Waals surface area contributed by atoms with Gasteiger partial charge in [-0.3, -0.25) is 0 Å². The molecule has 4 saturated heterocycles. The van der Waals surface area contributed by atoms with Gasteiger partial charge in [-0.05, 0) is 124 Å². The monoisotopic (exact) mass is 1080 g/mol. The highest BCUT2D eigenvalue weighted by Crippen LogP contribution is 2.76. The Morgan fingerprint density at radius 3 is 1.80 bits per heavy atom. The van der Waals surface area contributed by atoms with Gasteiger partial charge in [0, 0.05) is 0 Å². The maximum Gasteiger partial charge on any atom is 0.187 e. The number of allylic oxidation sites excluding steroid dienone is 2. The maximum atomic E-state index is 12.8. The number of ether oxygens (including phenoxy) is 8. The summed E-state index contributed by atoms with van der Waals surface area (Å²) in [5.74, 6) is -0.395. The van der Waals surface area contributed by atoms with Crippen molar-refractivity contribution < 1.29 is 109 Å². The highest BCUT2D eigenvalue weighted by molar-refractivity contribution is 5.20. The van der Waals surface area contributed by atoms with Crippen molar-refractivity contribution in [3.05, 3.63) is 11.6 Å². The lowest BCUT2D eigenvalue weighted by molar-refractivity contribution is -0.378. The summed E-state index contributed by atoms with van der Waals surface area (Å²) in [6.07, 6.45) is -22.6. The highest BCUT2D eigenvalue weighted by atomic mass is 16.8. The molecule has 22 nitrogen and oxygen atoms in total. The van der Waals surface area contributed by atoms with Crippen LogP contribution in [0.25, 0.3) is 0 Å². The Kier molecular flexibility index (Phi) is 18.1. The Balaban J connectivity index is 1.01. The Labute approximate surface area is 439 Å². The van der Waals surface area contributed by atoms with Gasteiger partial charge in [0.15, 0.2) is 25.2 Å². The van der Waals surface area contributed by atoms with E-state index in [9.17, 15) is 71.5 Å². The Hall–Kier alpha value is -1.14. The molecule has 0 spiro atoms. The molecule has 22 heteroatoms. The molecule has 29 atom stereocenters. The van der Waals surface area contributed by atoms with E-state index in [4.69, 9.17) is 37.9 Å². The van der Waals surface area contributed by atoms with E-state index < -0.39 is 165 Å². The molecular weight excluding hydrogens is 989 g/mol. The molecule has 14 N–H and O–H groups in total. The number of aliphatic hydroxyl groups is 14. The topological polar surface area (TPSA) is 357 Å². The first-order valence-electron chi connectivity index (χ1n) is 27.3. The van der Waals surface area contributed by atoms with E-state index in [0.717, 1.165) is 24.8 Å². The summed E-state index contributed by atoms with van der Waals surface area (Å²) < 4.78 is 48.8. The summed E-state index contributed by atoms with van der Waals surface area (Å²) in [5.41, 5.74) is -1.48. The second-order valence-corrected chi connectivity index (χ2v) is 25.3. The fourth-order valence-electron chi connectivity index (χ4n) is 16.0. The van der Waals surface area contributed by atoms with Crippen LogP contribution in [-0.4, -0.2) is 232 Å². The smallest absolute Gasteiger partial charge is 0.187 e. The summed E-state index contributed by atoms with van der Waals surface area (Å²) in [5, 5.41) is 151. The molecule has 75 heavy (non-hydrogen) atoms. The van der Waals surface area contributed by atoms with Crippen molar-refractivity contribution in [2.75, 3.05) is 26.4 Å². The maximum absolute atomic E-state index is 12.8. The molecule has 0 unspecified atom stereocenters. The molecule has 8 rings (SSSR count). The molecule has 0 bridgehead atoms. The molecule has 8 aliphatic rings. The molecule has 4 saturated carbocycles. The van der Waals surface area contributed by atoms with Crippen LogP contribution in [0.15, 0.2) is 11.6 Å². The van der Waals surface area contributed by atoms with Gasteiger partial charge in [-0.1, -0.05) is 46.3 Å². The number of hydrogen-bond donors (Lipinski definition) is 14. The molecule has 0 aromatic rings. The molecule has 0 aromatic carbocycles. The standard InChI is InChI=1S/C53H90O22/c1-23(2)10-9-14-53(8,75-47-43(67)39(63)37(61)29(72-47)22-69-45-41(65)34(58)26(57)21-68-45)24-11-16-52(7)33(24)25(56)18-31-50(5)15-13-32(49(3,4)30(50)12-17-51(31,52)6)73-48-44(40(64)36(60)28(20-55)71-48)74-46-42(66)38(62)35(59)27(19-54)70-46/h10,24-48,54-67H,9,11-22H2,1-8H3/t24-,25+,26+,27+,28+,29+,30+,31+,32+,33-,34-,35+,36+,37+,38-,39-,40-,41+,42+,43+,44+,45+,46-,47-,48-,50+,51+,52+,53-/m0/s1. The average molecular weight is 1080 g/mol.